The van der Waals surface area contributed by atoms with E-state index in [9.17, 15) is 0 Å². The summed E-state index contributed by atoms with van der Waals surface area (Å²) < 4.78 is 5.78. The quantitative estimate of drug-likeness (QED) is 0.868. The van der Waals surface area contributed by atoms with Crippen molar-refractivity contribution in [3.63, 3.8) is 0 Å². The van der Waals surface area contributed by atoms with Crippen molar-refractivity contribution < 1.29 is 4.74 Å². The van der Waals surface area contributed by atoms with E-state index in [-0.39, 0.29) is 0 Å². The van der Waals surface area contributed by atoms with Crippen LogP contribution in [0.4, 0.5) is 0 Å². The third-order valence-electron chi connectivity index (χ3n) is 3.58. The fourth-order valence-electron chi connectivity index (χ4n) is 2.59. The molecule has 0 saturated heterocycles. The Morgan fingerprint density at radius 2 is 2.22 bits per heavy atom. The van der Waals surface area contributed by atoms with E-state index in [4.69, 9.17) is 10.5 Å². The molecule has 18 heavy (non-hydrogen) atoms. The van der Waals surface area contributed by atoms with Crippen molar-refractivity contribution in [2.24, 2.45) is 11.7 Å². The van der Waals surface area contributed by atoms with Gasteiger partial charge in [-0.3, -0.25) is 4.90 Å². The Balaban J connectivity index is 1.99. The lowest BCUT2D eigenvalue weighted by atomic mass is 10.0. The first-order chi connectivity index (χ1) is 8.83. The summed E-state index contributed by atoms with van der Waals surface area (Å²) in [7, 11) is 0. The fourth-order valence-corrected chi connectivity index (χ4v) is 2.59. The molecular weight excluding hydrogens is 224 g/mol. The van der Waals surface area contributed by atoms with E-state index in [2.05, 4.69) is 30.0 Å². The minimum Gasteiger partial charge on any atom is -0.492 e. The van der Waals surface area contributed by atoms with Gasteiger partial charge in [0.1, 0.15) is 12.4 Å². The first-order valence-electron chi connectivity index (χ1n) is 6.96. The minimum atomic E-state index is 0.611. The highest BCUT2D eigenvalue weighted by molar-refractivity contribution is 5.33. The lowest BCUT2D eigenvalue weighted by Gasteiger charge is -2.24. The highest BCUT2D eigenvalue weighted by atomic mass is 16.5. The summed E-state index contributed by atoms with van der Waals surface area (Å²) in [6.07, 6.45) is 2.43. The summed E-state index contributed by atoms with van der Waals surface area (Å²) in [6.45, 7) is 6.85. The van der Waals surface area contributed by atoms with Crippen molar-refractivity contribution in [2.75, 3.05) is 26.2 Å². The van der Waals surface area contributed by atoms with Gasteiger partial charge in [0.15, 0.2) is 0 Å². The van der Waals surface area contributed by atoms with E-state index in [1.165, 1.54) is 18.4 Å². The van der Waals surface area contributed by atoms with Gasteiger partial charge in [0, 0.05) is 25.2 Å². The van der Waals surface area contributed by atoms with Crippen LogP contribution in [-0.4, -0.2) is 31.1 Å². The smallest absolute Gasteiger partial charge is 0.123 e. The largest absolute Gasteiger partial charge is 0.492 e. The molecule has 0 aromatic heterocycles. The number of nitrogens with zero attached hydrogens (tertiary/aromatic N) is 1. The second kappa shape index (κ2) is 6.76. The summed E-state index contributed by atoms with van der Waals surface area (Å²) in [4.78, 5) is 2.47. The maximum atomic E-state index is 5.85. The van der Waals surface area contributed by atoms with Gasteiger partial charge in [0.2, 0.25) is 0 Å². The zero-order valence-corrected chi connectivity index (χ0v) is 11.3. The molecular formula is C15H24N2O. The van der Waals surface area contributed by atoms with E-state index in [0.717, 1.165) is 38.5 Å². The number of hydrogen-bond acceptors (Lipinski definition) is 3. The van der Waals surface area contributed by atoms with Crippen molar-refractivity contribution in [1.82, 2.24) is 4.90 Å². The number of rotatable bonds is 5. The molecule has 3 nitrogen and oxygen atoms in total. The molecule has 0 saturated carbocycles. The van der Waals surface area contributed by atoms with Crippen LogP contribution in [0.2, 0.25) is 0 Å². The van der Waals surface area contributed by atoms with Crippen molar-refractivity contribution >= 4 is 0 Å². The highest BCUT2D eigenvalue weighted by Crippen LogP contribution is 2.23. The molecule has 2 N–H and O–H groups in total. The second-order valence-electron chi connectivity index (χ2n) is 5.08. The summed E-state index contributed by atoms with van der Waals surface area (Å²) in [5, 5.41) is 0. The van der Waals surface area contributed by atoms with Gasteiger partial charge >= 0.3 is 0 Å². The zero-order chi connectivity index (χ0) is 12.8. The molecule has 100 valence electrons. The van der Waals surface area contributed by atoms with Crippen LogP contribution in [0.5, 0.6) is 5.75 Å². The first kappa shape index (κ1) is 13.4. The van der Waals surface area contributed by atoms with Gasteiger partial charge in [0.05, 0.1) is 0 Å². The monoisotopic (exact) mass is 248 g/mol. The third-order valence-corrected chi connectivity index (χ3v) is 3.58. The average molecular weight is 248 g/mol. The summed E-state index contributed by atoms with van der Waals surface area (Å²) in [5.41, 5.74) is 7.15. The molecule has 2 rings (SSSR count). The van der Waals surface area contributed by atoms with Crippen LogP contribution in [0.25, 0.3) is 0 Å². The van der Waals surface area contributed by atoms with E-state index in [1.807, 2.05) is 6.07 Å². The van der Waals surface area contributed by atoms with Crippen molar-refractivity contribution in [3.8, 4) is 5.75 Å². The maximum Gasteiger partial charge on any atom is 0.123 e. The SMILES string of the molecule is CCCC(CN)CN1CCOc2ccccc2C1. The molecule has 1 aliphatic heterocycles. The number of nitrogens with two attached hydrogens (primary N) is 1. The van der Waals surface area contributed by atoms with Crippen LogP contribution >= 0.6 is 0 Å². The van der Waals surface area contributed by atoms with Gasteiger partial charge in [-0.05, 0) is 24.9 Å². The number of hydrogen-bond donors (Lipinski definition) is 1. The Bertz CT molecular complexity index is 367. The Hall–Kier alpha value is -1.06. The maximum absolute atomic E-state index is 5.85. The normalized spacial score (nSPS) is 17.7. The molecule has 0 radical (unpaired) electrons. The molecule has 1 aromatic carbocycles. The zero-order valence-electron chi connectivity index (χ0n) is 11.3. The molecule has 3 heteroatoms. The number of benzene rings is 1. The third kappa shape index (κ3) is 3.47. The standard InChI is InChI=1S/C15H24N2O/c1-2-5-13(10-16)11-17-8-9-18-15-7-4-3-6-14(15)12-17/h3-4,6-7,13H,2,5,8-12,16H2,1H3. The van der Waals surface area contributed by atoms with Crippen LogP contribution in [0, 0.1) is 5.92 Å². The first-order valence-corrected chi connectivity index (χ1v) is 6.96. The van der Waals surface area contributed by atoms with Crippen molar-refractivity contribution in [2.45, 2.75) is 26.3 Å². The van der Waals surface area contributed by atoms with E-state index in [1.54, 1.807) is 0 Å². The van der Waals surface area contributed by atoms with Gasteiger partial charge in [-0.1, -0.05) is 31.5 Å². The van der Waals surface area contributed by atoms with Crippen molar-refractivity contribution in [1.29, 1.82) is 0 Å². The second-order valence-corrected chi connectivity index (χ2v) is 5.08. The Morgan fingerprint density at radius 1 is 1.39 bits per heavy atom. The number of fused-ring (bicyclic) bond motifs is 1. The Kier molecular flexibility index (Phi) is 5.02. The number of ether oxygens (including phenoxy) is 1. The summed E-state index contributed by atoms with van der Waals surface area (Å²) in [6, 6.07) is 8.34. The van der Waals surface area contributed by atoms with Gasteiger partial charge in [-0.2, -0.15) is 0 Å². The van der Waals surface area contributed by atoms with Gasteiger partial charge in [0.25, 0.3) is 0 Å². The van der Waals surface area contributed by atoms with Crippen LogP contribution in [0.15, 0.2) is 24.3 Å². The van der Waals surface area contributed by atoms with Crippen LogP contribution < -0.4 is 10.5 Å². The molecule has 0 fully saturated rings. The predicted molar refractivity (Wildman–Crippen MR) is 74.7 cm³/mol. The average Bonchev–Trinajstić information content (AvgIpc) is 2.59. The summed E-state index contributed by atoms with van der Waals surface area (Å²) in [5.74, 6) is 1.65. The Labute approximate surface area is 110 Å². The molecule has 1 aliphatic rings. The molecule has 1 heterocycles. The predicted octanol–water partition coefficient (Wildman–Crippen LogP) is 2.26. The van der Waals surface area contributed by atoms with E-state index in [0.29, 0.717) is 5.92 Å². The molecule has 0 spiro atoms. The minimum absolute atomic E-state index is 0.611. The molecule has 1 aromatic rings. The molecule has 1 atom stereocenters. The Morgan fingerprint density at radius 3 is 3.00 bits per heavy atom. The number of para-hydroxylation sites is 1. The van der Waals surface area contributed by atoms with E-state index < -0.39 is 0 Å². The van der Waals surface area contributed by atoms with Crippen molar-refractivity contribution in [3.05, 3.63) is 29.8 Å². The van der Waals surface area contributed by atoms with Gasteiger partial charge in [-0.25, -0.2) is 0 Å². The lowest BCUT2D eigenvalue weighted by molar-refractivity contribution is 0.195. The lowest BCUT2D eigenvalue weighted by Crippen LogP contribution is -2.34. The molecule has 0 bridgehead atoms. The van der Waals surface area contributed by atoms with Crippen LogP contribution in [0.3, 0.4) is 0 Å². The van der Waals surface area contributed by atoms with Crippen LogP contribution in [0.1, 0.15) is 25.3 Å². The van der Waals surface area contributed by atoms with Gasteiger partial charge in [-0.15, -0.1) is 0 Å². The summed E-state index contributed by atoms with van der Waals surface area (Å²) >= 11 is 0. The van der Waals surface area contributed by atoms with Crippen LogP contribution in [-0.2, 0) is 6.54 Å². The van der Waals surface area contributed by atoms with E-state index >= 15 is 0 Å². The molecule has 0 aliphatic carbocycles. The molecule has 0 amide bonds. The van der Waals surface area contributed by atoms with Gasteiger partial charge < -0.3 is 10.5 Å². The molecule has 1 unspecified atom stereocenters. The highest BCUT2D eigenvalue weighted by Gasteiger charge is 2.17. The topological polar surface area (TPSA) is 38.5 Å². The fraction of sp³-hybridized carbons (Fsp3) is 0.600.